The van der Waals surface area contributed by atoms with Crippen molar-refractivity contribution < 1.29 is 4.74 Å². The molecule has 0 aliphatic heterocycles. The van der Waals surface area contributed by atoms with Gasteiger partial charge in [-0.1, -0.05) is 0 Å². The molecule has 1 aromatic carbocycles. The van der Waals surface area contributed by atoms with Gasteiger partial charge in [-0.05, 0) is 38.1 Å². The van der Waals surface area contributed by atoms with Crippen LogP contribution in [0.3, 0.4) is 0 Å². The van der Waals surface area contributed by atoms with Gasteiger partial charge in [0.25, 0.3) is 0 Å². The second-order valence-electron chi connectivity index (χ2n) is 3.77. The Bertz CT molecular complexity index is 462. The summed E-state index contributed by atoms with van der Waals surface area (Å²) in [6, 6.07) is 7.89. The molecule has 0 atom stereocenters. The standard InChI is InChI=1S/C12H14N2OS/c1-8(2)15-10-5-3-9(4-6-10)12-14-11(13)7-16-12/h3-8H,13H2,1-2H3. The third kappa shape index (κ3) is 2.52. The Hall–Kier alpha value is -1.55. The Morgan fingerprint density at radius 2 is 1.94 bits per heavy atom. The van der Waals surface area contributed by atoms with Gasteiger partial charge < -0.3 is 10.5 Å². The van der Waals surface area contributed by atoms with Crippen molar-refractivity contribution in [2.75, 3.05) is 5.73 Å². The van der Waals surface area contributed by atoms with Crippen molar-refractivity contribution >= 4 is 17.2 Å². The van der Waals surface area contributed by atoms with Crippen LogP contribution in [0.15, 0.2) is 29.6 Å². The normalized spacial score (nSPS) is 10.7. The number of nitrogen functional groups attached to an aromatic ring is 1. The largest absolute Gasteiger partial charge is 0.491 e. The van der Waals surface area contributed by atoms with Gasteiger partial charge in [0.15, 0.2) is 0 Å². The van der Waals surface area contributed by atoms with Crippen molar-refractivity contribution in [1.29, 1.82) is 0 Å². The van der Waals surface area contributed by atoms with Gasteiger partial charge in [-0.25, -0.2) is 4.98 Å². The Balaban J connectivity index is 2.19. The fourth-order valence-corrected chi connectivity index (χ4v) is 2.08. The van der Waals surface area contributed by atoms with E-state index in [2.05, 4.69) is 4.98 Å². The number of ether oxygens (including phenoxy) is 1. The molecule has 0 aliphatic carbocycles. The zero-order valence-electron chi connectivity index (χ0n) is 9.31. The van der Waals surface area contributed by atoms with Crippen LogP contribution in [0.25, 0.3) is 10.6 Å². The first kappa shape index (κ1) is 11.0. The smallest absolute Gasteiger partial charge is 0.135 e. The molecule has 84 valence electrons. The minimum absolute atomic E-state index is 0.196. The molecule has 2 aromatic rings. The summed E-state index contributed by atoms with van der Waals surface area (Å²) in [5.41, 5.74) is 6.65. The summed E-state index contributed by atoms with van der Waals surface area (Å²) in [5, 5.41) is 2.78. The lowest BCUT2D eigenvalue weighted by Gasteiger charge is -2.09. The lowest BCUT2D eigenvalue weighted by molar-refractivity contribution is 0.242. The van der Waals surface area contributed by atoms with E-state index in [1.54, 1.807) is 11.3 Å². The molecule has 1 heterocycles. The summed E-state index contributed by atoms with van der Waals surface area (Å²) < 4.78 is 5.57. The Morgan fingerprint density at radius 1 is 1.25 bits per heavy atom. The van der Waals surface area contributed by atoms with Gasteiger partial charge in [0, 0.05) is 10.9 Å². The van der Waals surface area contributed by atoms with Crippen LogP contribution in [0.4, 0.5) is 5.82 Å². The zero-order valence-corrected chi connectivity index (χ0v) is 10.1. The molecule has 0 saturated carbocycles. The van der Waals surface area contributed by atoms with Crippen LogP contribution in [0.2, 0.25) is 0 Å². The van der Waals surface area contributed by atoms with E-state index in [1.807, 2.05) is 43.5 Å². The number of rotatable bonds is 3. The van der Waals surface area contributed by atoms with Gasteiger partial charge in [-0.15, -0.1) is 11.3 Å². The molecule has 0 aliphatic rings. The third-order valence-electron chi connectivity index (χ3n) is 1.99. The zero-order chi connectivity index (χ0) is 11.5. The Morgan fingerprint density at radius 3 is 2.44 bits per heavy atom. The number of aromatic nitrogens is 1. The van der Waals surface area contributed by atoms with E-state index >= 15 is 0 Å². The third-order valence-corrected chi connectivity index (χ3v) is 2.90. The van der Waals surface area contributed by atoms with Gasteiger partial charge >= 0.3 is 0 Å². The number of hydrogen-bond donors (Lipinski definition) is 1. The molecule has 1 aromatic heterocycles. The molecule has 0 fully saturated rings. The molecule has 2 rings (SSSR count). The fourth-order valence-electron chi connectivity index (χ4n) is 1.37. The van der Waals surface area contributed by atoms with E-state index in [-0.39, 0.29) is 6.10 Å². The minimum atomic E-state index is 0.196. The molecule has 0 unspecified atom stereocenters. The van der Waals surface area contributed by atoms with E-state index in [1.165, 1.54) is 0 Å². The molecule has 4 heteroatoms. The maximum Gasteiger partial charge on any atom is 0.135 e. The summed E-state index contributed by atoms with van der Waals surface area (Å²) in [7, 11) is 0. The molecular formula is C12H14N2OS. The molecule has 0 saturated heterocycles. The van der Waals surface area contributed by atoms with Crippen LogP contribution in [0, 0.1) is 0 Å². The van der Waals surface area contributed by atoms with Crippen molar-refractivity contribution in [3.8, 4) is 16.3 Å². The number of hydrogen-bond acceptors (Lipinski definition) is 4. The minimum Gasteiger partial charge on any atom is -0.491 e. The van der Waals surface area contributed by atoms with Crippen molar-refractivity contribution in [2.45, 2.75) is 20.0 Å². The first-order chi connectivity index (χ1) is 7.65. The topological polar surface area (TPSA) is 48.1 Å². The van der Waals surface area contributed by atoms with Crippen LogP contribution in [-0.2, 0) is 0 Å². The summed E-state index contributed by atoms with van der Waals surface area (Å²) in [6.07, 6.45) is 0.196. The van der Waals surface area contributed by atoms with Gasteiger partial charge in [-0.2, -0.15) is 0 Å². The number of nitrogens with two attached hydrogens (primary N) is 1. The van der Waals surface area contributed by atoms with E-state index < -0.39 is 0 Å². The van der Waals surface area contributed by atoms with Gasteiger partial charge in [0.1, 0.15) is 16.6 Å². The molecule has 3 nitrogen and oxygen atoms in total. The van der Waals surface area contributed by atoms with E-state index in [4.69, 9.17) is 10.5 Å². The Kier molecular flexibility index (Phi) is 3.10. The van der Waals surface area contributed by atoms with Gasteiger partial charge in [0.05, 0.1) is 6.10 Å². The average molecular weight is 234 g/mol. The van der Waals surface area contributed by atoms with Crippen molar-refractivity contribution in [1.82, 2.24) is 4.98 Å². The highest BCUT2D eigenvalue weighted by molar-refractivity contribution is 7.13. The number of anilines is 1. The number of thiazole rings is 1. The van der Waals surface area contributed by atoms with Crippen LogP contribution < -0.4 is 10.5 Å². The van der Waals surface area contributed by atoms with Gasteiger partial charge in [-0.3, -0.25) is 0 Å². The van der Waals surface area contributed by atoms with Crippen molar-refractivity contribution in [3.05, 3.63) is 29.6 Å². The maximum absolute atomic E-state index is 5.59. The lowest BCUT2D eigenvalue weighted by atomic mass is 10.2. The quantitative estimate of drug-likeness (QED) is 0.887. The maximum atomic E-state index is 5.59. The monoisotopic (exact) mass is 234 g/mol. The highest BCUT2D eigenvalue weighted by Gasteiger charge is 2.03. The molecule has 0 spiro atoms. The van der Waals surface area contributed by atoms with E-state index in [0.29, 0.717) is 5.82 Å². The summed E-state index contributed by atoms with van der Waals surface area (Å²) in [6.45, 7) is 4.02. The van der Waals surface area contributed by atoms with Crippen molar-refractivity contribution in [2.24, 2.45) is 0 Å². The predicted molar refractivity (Wildman–Crippen MR) is 67.7 cm³/mol. The second kappa shape index (κ2) is 4.53. The lowest BCUT2D eigenvalue weighted by Crippen LogP contribution is -2.05. The van der Waals surface area contributed by atoms with Gasteiger partial charge in [0.2, 0.25) is 0 Å². The van der Waals surface area contributed by atoms with Crippen LogP contribution in [0.5, 0.6) is 5.75 Å². The first-order valence-electron chi connectivity index (χ1n) is 5.13. The summed E-state index contributed by atoms with van der Waals surface area (Å²) >= 11 is 1.55. The van der Waals surface area contributed by atoms with Crippen LogP contribution in [0.1, 0.15) is 13.8 Å². The van der Waals surface area contributed by atoms with Crippen LogP contribution >= 0.6 is 11.3 Å². The highest BCUT2D eigenvalue weighted by atomic mass is 32.1. The molecular weight excluding hydrogens is 220 g/mol. The summed E-state index contributed by atoms with van der Waals surface area (Å²) in [4.78, 5) is 4.23. The van der Waals surface area contributed by atoms with Crippen LogP contribution in [-0.4, -0.2) is 11.1 Å². The van der Waals surface area contributed by atoms with E-state index in [0.717, 1.165) is 16.3 Å². The van der Waals surface area contributed by atoms with Crippen molar-refractivity contribution in [3.63, 3.8) is 0 Å². The SMILES string of the molecule is CC(C)Oc1ccc(-c2nc(N)cs2)cc1. The molecule has 2 N–H and O–H groups in total. The van der Waals surface area contributed by atoms with E-state index in [9.17, 15) is 0 Å². The first-order valence-corrected chi connectivity index (χ1v) is 6.01. The fraction of sp³-hybridized carbons (Fsp3) is 0.250. The number of nitrogens with zero attached hydrogens (tertiary/aromatic N) is 1. The average Bonchev–Trinajstić information content (AvgIpc) is 2.65. The molecule has 0 radical (unpaired) electrons. The molecule has 16 heavy (non-hydrogen) atoms. The summed E-state index contributed by atoms with van der Waals surface area (Å²) in [5.74, 6) is 1.45. The second-order valence-corrected chi connectivity index (χ2v) is 4.63. The number of benzene rings is 1. The Labute approximate surface area is 98.9 Å². The molecule has 0 amide bonds. The predicted octanol–water partition coefficient (Wildman–Crippen LogP) is 3.18. The highest BCUT2D eigenvalue weighted by Crippen LogP contribution is 2.26. The molecule has 0 bridgehead atoms.